The second kappa shape index (κ2) is 20.7. The predicted octanol–water partition coefficient (Wildman–Crippen LogP) is 12.8. The van der Waals surface area contributed by atoms with Crippen molar-refractivity contribution in [1.29, 1.82) is 0 Å². The number of carboxylic acid groups (broad SMARTS) is 1. The molecule has 8 heteroatoms. The smallest absolute Gasteiger partial charge is 0.339 e. The highest BCUT2D eigenvalue weighted by Crippen LogP contribution is 2.31. The highest BCUT2D eigenvalue weighted by atomic mass is 16.5. The van der Waals surface area contributed by atoms with Crippen LogP contribution in [0.3, 0.4) is 0 Å². The first kappa shape index (κ1) is 45.5. The molecule has 324 valence electrons. The average Bonchev–Trinajstić information content (AvgIpc) is 3.82. The van der Waals surface area contributed by atoms with Crippen LogP contribution in [0.15, 0.2) is 146 Å². The van der Waals surface area contributed by atoms with Crippen molar-refractivity contribution < 1.29 is 24.2 Å². The molecule has 0 aliphatic heterocycles. The first-order valence-electron chi connectivity index (χ1n) is 21.4. The third-order valence-corrected chi connectivity index (χ3v) is 11.2. The van der Waals surface area contributed by atoms with Crippen molar-refractivity contribution in [1.82, 2.24) is 9.13 Å². The number of Topliss-reactive ketones (excluding diaryl/α,β-unsaturated/α-hetero) is 1. The molecule has 0 fully saturated rings. The number of carbonyl (C=O) groups is 2. The highest BCUT2D eigenvalue weighted by molar-refractivity contribution is 6.01. The Balaban J connectivity index is 0.000000177. The normalized spacial score (nSPS) is 11.0. The summed E-state index contributed by atoms with van der Waals surface area (Å²) < 4.78 is 16.0. The number of carbonyl (C=O) groups excluding carboxylic acids is 1. The van der Waals surface area contributed by atoms with Gasteiger partial charge in [-0.25, -0.2) is 4.79 Å². The number of carboxylic acids is 1. The molecule has 0 saturated heterocycles. The van der Waals surface area contributed by atoms with E-state index in [1.807, 2.05) is 137 Å². The molecule has 0 saturated carbocycles. The molecule has 2 heterocycles. The lowest BCUT2D eigenvalue weighted by atomic mass is 9.92. The Kier molecular flexibility index (Phi) is 14.9. The molecule has 0 spiro atoms. The van der Waals surface area contributed by atoms with Crippen molar-refractivity contribution >= 4 is 39.2 Å². The van der Waals surface area contributed by atoms with Crippen LogP contribution in [0.25, 0.3) is 21.8 Å². The van der Waals surface area contributed by atoms with Crippen molar-refractivity contribution in [2.75, 3.05) is 5.73 Å². The van der Waals surface area contributed by atoms with E-state index < -0.39 is 5.97 Å². The van der Waals surface area contributed by atoms with Gasteiger partial charge in [-0.15, -0.1) is 0 Å². The van der Waals surface area contributed by atoms with Crippen molar-refractivity contribution in [2.24, 2.45) is 14.1 Å². The maximum Gasteiger partial charge on any atom is 0.339 e. The van der Waals surface area contributed by atoms with Gasteiger partial charge in [-0.2, -0.15) is 0 Å². The number of ketones is 1. The van der Waals surface area contributed by atoms with E-state index in [1.165, 1.54) is 22.0 Å². The van der Waals surface area contributed by atoms with Crippen LogP contribution in [0, 0.1) is 13.8 Å². The molecule has 0 bridgehead atoms. The van der Waals surface area contributed by atoms with Crippen LogP contribution in [-0.4, -0.2) is 26.0 Å². The number of benzene rings is 6. The predicted molar refractivity (Wildman–Crippen MR) is 257 cm³/mol. The van der Waals surface area contributed by atoms with Gasteiger partial charge in [-0.1, -0.05) is 94.4 Å². The second-order valence-corrected chi connectivity index (χ2v) is 16.7. The lowest BCUT2D eigenvalue weighted by Crippen LogP contribution is -2.09. The van der Waals surface area contributed by atoms with Gasteiger partial charge >= 0.3 is 5.97 Å². The zero-order valence-electron chi connectivity index (χ0n) is 37.7. The molecule has 0 amide bonds. The van der Waals surface area contributed by atoms with E-state index in [2.05, 4.69) is 68.0 Å². The standard InChI is InChI=1S/C28H29NO2.C18H20O3.C9H10N2/c1-19(2)24-17-25(28(14-20(24)3)31-18-21-8-6-5-7-9-21)27(30)16-22-10-11-26-23(15-22)12-13-29(26)4;1-12(2)15-10-16(18(19)20)17(9-13(15)3)21-11-14-7-5-4-6-8-14;1-11-5-4-7-6-8(10)2-3-9(7)11/h5-15,17,19H,16,18H2,1-4H3;4-10,12H,11H2,1-3H3,(H,19,20);2-6H,10H2,1H3. The number of aromatic nitrogens is 2. The molecule has 0 radical (unpaired) electrons. The first-order valence-corrected chi connectivity index (χ1v) is 21.4. The molecule has 0 unspecified atom stereocenters. The zero-order valence-corrected chi connectivity index (χ0v) is 37.7. The number of nitrogens with zero attached hydrogens (tertiary/aromatic N) is 2. The van der Waals surface area contributed by atoms with Crippen molar-refractivity contribution in [3.63, 3.8) is 0 Å². The van der Waals surface area contributed by atoms with Crippen molar-refractivity contribution in [3.05, 3.63) is 196 Å². The van der Waals surface area contributed by atoms with Crippen LogP contribution in [-0.2, 0) is 33.7 Å². The lowest BCUT2D eigenvalue weighted by Gasteiger charge is -2.17. The van der Waals surface area contributed by atoms with Gasteiger partial charge in [0, 0.05) is 55.0 Å². The number of ether oxygens (including phenoxy) is 2. The number of nitrogens with two attached hydrogens (primary N) is 1. The van der Waals surface area contributed by atoms with Gasteiger partial charge in [0.2, 0.25) is 0 Å². The van der Waals surface area contributed by atoms with Gasteiger partial charge in [-0.05, 0) is 137 Å². The molecule has 6 aromatic carbocycles. The molecule has 63 heavy (non-hydrogen) atoms. The van der Waals surface area contributed by atoms with Gasteiger partial charge < -0.3 is 29.4 Å². The summed E-state index contributed by atoms with van der Waals surface area (Å²) in [6.07, 6.45) is 4.43. The molecule has 0 atom stereocenters. The van der Waals surface area contributed by atoms with Crippen molar-refractivity contribution in [2.45, 2.75) is 73.0 Å². The summed E-state index contributed by atoms with van der Waals surface area (Å²) in [7, 11) is 4.06. The summed E-state index contributed by atoms with van der Waals surface area (Å²) in [6, 6.07) is 43.7. The van der Waals surface area contributed by atoms with Crippen LogP contribution in [0.1, 0.15) is 99.2 Å². The molecule has 8 rings (SSSR count). The van der Waals surface area contributed by atoms with Gasteiger partial charge in [0.05, 0.1) is 5.56 Å². The zero-order chi connectivity index (χ0) is 45.2. The Bertz CT molecular complexity index is 2820. The topological polar surface area (TPSA) is 109 Å². The minimum Gasteiger partial charge on any atom is -0.488 e. The molecular weight excluding hydrogens is 783 g/mol. The maximum atomic E-state index is 13.4. The Labute approximate surface area is 371 Å². The third kappa shape index (κ3) is 11.7. The van der Waals surface area contributed by atoms with Crippen LogP contribution in [0.2, 0.25) is 0 Å². The first-order chi connectivity index (χ1) is 30.2. The summed E-state index contributed by atoms with van der Waals surface area (Å²) in [4.78, 5) is 24.8. The Morgan fingerprint density at radius 2 is 1.03 bits per heavy atom. The molecule has 3 N–H and O–H groups in total. The third-order valence-electron chi connectivity index (χ3n) is 11.2. The molecule has 8 aromatic rings. The molecular formula is C55H59N3O5. The fourth-order valence-electron chi connectivity index (χ4n) is 7.76. The number of aromatic carboxylic acids is 1. The number of anilines is 1. The summed E-state index contributed by atoms with van der Waals surface area (Å²) in [5.41, 5.74) is 17.3. The number of hydrogen-bond acceptors (Lipinski definition) is 5. The largest absolute Gasteiger partial charge is 0.488 e. The minimum absolute atomic E-state index is 0.0836. The van der Waals surface area contributed by atoms with Gasteiger partial charge in [0.1, 0.15) is 30.3 Å². The van der Waals surface area contributed by atoms with E-state index in [-0.39, 0.29) is 17.3 Å². The van der Waals surface area contributed by atoms with E-state index in [0.29, 0.717) is 42.6 Å². The number of hydrogen-bond donors (Lipinski definition) is 2. The van der Waals surface area contributed by atoms with Gasteiger partial charge in [-0.3, -0.25) is 4.79 Å². The summed E-state index contributed by atoms with van der Waals surface area (Å²) in [5.74, 6) is 0.840. The van der Waals surface area contributed by atoms with E-state index in [4.69, 9.17) is 15.2 Å². The number of aryl methyl sites for hydroxylation is 4. The van der Waals surface area contributed by atoms with Crippen LogP contribution < -0.4 is 15.2 Å². The fraction of sp³-hybridized carbons (Fsp3) is 0.236. The summed E-state index contributed by atoms with van der Waals surface area (Å²) in [6.45, 7) is 13.3. The summed E-state index contributed by atoms with van der Waals surface area (Å²) >= 11 is 0. The molecule has 0 aliphatic carbocycles. The van der Waals surface area contributed by atoms with E-state index in [0.717, 1.165) is 44.5 Å². The Morgan fingerprint density at radius 1 is 0.571 bits per heavy atom. The molecule has 8 nitrogen and oxygen atoms in total. The van der Waals surface area contributed by atoms with Gasteiger partial charge in [0.15, 0.2) is 5.78 Å². The fourth-order valence-corrected chi connectivity index (χ4v) is 7.76. The molecule has 0 aliphatic rings. The number of nitrogen functional groups attached to an aromatic ring is 1. The van der Waals surface area contributed by atoms with E-state index in [1.54, 1.807) is 6.07 Å². The Morgan fingerprint density at radius 3 is 1.52 bits per heavy atom. The molecule has 2 aromatic heterocycles. The lowest BCUT2D eigenvalue weighted by molar-refractivity contribution is 0.0691. The van der Waals surface area contributed by atoms with Crippen LogP contribution in [0.5, 0.6) is 11.5 Å². The monoisotopic (exact) mass is 841 g/mol. The van der Waals surface area contributed by atoms with Crippen molar-refractivity contribution in [3.8, 4) is 11.5 Å². The quantitative estimate of drug-likeness (QED) is 0.0937. The maximum absolute atomic E-state index is 13.4. The van der Waals surface area contributed by atoms with Crippen LogP contribution in [0.4, 0.5) is 5.69 Å². The van der Waals surface area contributed by atoms with E-state index >= 15 is 0 Å². The van der Waals surface area contributed by atoms with E-state index in [9.17, 15) is 14.7 Å². The van der Waals surface area contributed by atoms with Gasteiger partial charge in [0.25, 0.3) is 0 Å². The number of rotatable bonds is 12. The highest BCUT2D eigenvalue weighted by Gasteiger charge is 2.19. The average molecular weight is 842 g/mol. The number of fused-ring (bicyclic) bond motifs is 2. The van der Waals surface area contributed by atoms with Crippen LogP contribution >= 0.6 is 0 Å². The minimum atomic E-state index is -0.958. The summed E-state index contributed by atoms with van der Waals surface area (Å²) in [5, 5.41) is 11.7. The second-order valence-electron chi connectivity index (χ2n) is 16.7. The SMILES string of the molecule is Cc1cc(OCc2ccccc2)c(C(=O)Cc2ccc3c(ccn3C)c2)cc1C(C)C.Cc1cc(OCc2ccccc2)c(C(=O)O)cc1C(C)C.Cn1ccc2cc(N)ccc21. The Hall–Kier alpha value is -7.06.